The summed E-state index contributed by atoms with van der Waals surface area (Å²) in [5.41, 5.74) is 2.54. The van der Waals surface area contributed by atoms with Gasteiger partial charge in [0.2, 0.25) is 5.91 Å². The van der Waals surface area contributed by atoms with E-state index in [2.05, 4.69) is 16.0 Å². The Balaban J connectivity index is 2.00. The molecule has 1 atom stereocenters. The molecule has 1 unspecified atom stereocenters. The van der Waals surface area contributed by atoms with E-state index < -0.39 is 0 Å². The molecule has 1 fully saturated rings. The lowest BCUT2D eigenvalue weighted by Crippen LogP contribution is -2.38. The third-order valence-electron chi connectivity index (χ3n) is 3.38. The number of anilines is 1. The standard InChI is InChI=1S/C15H21N3O2/c1-3-16-13-6-4-10(2)8-12(13)15(20)17-9-11-5-7-14(19)18-11/h4,6,8,11,16H,3,5,7,9H2,1-2H3,(H,17,20)(H,18,19). The zero-order valence-electron chi connectivity index (χ0n) is 12.0. The van der Waals surface area contributed by atoms with Gasteiger partial charge >= 0.3 is 0 Å². The molecular formula is C15H21N3O2. The van der Waals surface area contributed by atoms with Crippen LogP contribution in [-0.2, 0) is 4.79 Å². The number of carbonyl (C=O) groups excluding carboxylic acids is 2. The molecule has 0 aliphatic carbocycles. The van der Waals surface area contributed by atoms with Crippen molar-refractivity contribution in [3.8, 4) is 0 Å². The fraction of sp³-hybridized carbons (Fsp3) is 0.467. The number of rotatable bonds is 5. The molecule has 20 heavy (non-hydrogen) atoms. The van der Waals surface area contributed by atoms with Crippen molar-refractivity contribution >= 4 is 17.5 Å². The van der Waals surface area contributed by atoms with Crippen molar-refractivity contribution < 1.29 is 9.59 Å². The first-order valence-corrected chi connectivity index (χ1v) is 7.02. The maximum absolute atomic E-state index is 12.3. The van der Waals surface area contributed by atoms with Gasteiger partial charge in [0.15, 0.2) is 0 Å². The van der Waals surface area contributed by atoms with E-state index >= 15 is 0 Å². The molecule has 108 valence electrons. The largest absolute Gasteiger partial charge is 0.385 e. The van der Waals surface area contributed by atoms with Gasteiger partial charge in [-0.2, -0.15) is 0 Å². The molecule has 5 nitrogen and oxygen atoms in total. The number of hydrogen-bond donors (Lipinski definition) is 3. The van der Waals surface area contributed by atoms with E-state index in [1.165, 1.54) is 0 Å². The minimum atomic E-state index is -0.106. The Hall–Kier alpha value is -2.04. The molecule has 0 spiro atoms. The number of aryl methyl sites for hydroxylation is 1. The molecule has 1 aliphatic heterocycles. The van der Waals surface area contributed by atoms with E-state index in [-0.39, 0.29) is 17.9 Å². The van der Waals surface area contributed by atoms with Gasteiger partial charge in [0.1, 0.15) is 0 Å². The third kappa shape index (κ3) is 3.50. The van der Waals surface area contributed by atoms with Gasteiger partial charge in [-0.1, -0.05) is 11.6 Å². The summed E-state index contributed by atoms with van der Waals surface area (Å²) in [6.45, 7) is 5.20. The van der Waals surface area contributed by atoms with Crippen LogP contribution < -0.4 is 16.0 Å². The topological polar surface area (TPSA) is 70.2 Å². The van der Waals surface area contributed by atoms with Crippen molar-refractivity contribution in [2.45, 2.75) is 32.7 Å². The minimum absolute atomic E-state index is 0.0545. The molecule has 0 aromatic heterocycles. The molecule has 0 radical (unpaired) electrons. The lowest BCUT2D eigenvalue weighted by Gasteiger charge is -2.14. The molecule has 1 saturated heterocycles. The highest BCUT2D eigenvalue weighted by molar-refractivity contribution is 5.99. The predicted octanol–water partition coefficient (Wildman–Crippen LogP) is 1.44. The van der Waals surface area contributed by atoms with E-state index in [1.807, 2.05) is 32.0 Å². The van der Waals surface area contributed by atoms with Gasteiger partial charge in [-0.25, -0.2) is 0 Å². The van der Waals surface area contributed by atoms with Crippen molar-refractivity contribution in [3.63, 3.8) is 0 Å². The van der Waals surface area contributed by atoms with Crippen LogP contribution in [0.1, 0.15) is 35.7 Å². The summed E-state index contributed by atoms with van der Waals surface area (Å²) in [5, 5.41) is 8.93. The summed E-state index contributed by atoms with van der Waals surface area (Å²) in [5.74, 6) is -0.0426. The van der Waals surface area contributed by atoms with Crippen molar-refractivity contribution in [3.05, 3.63) is 29.3 Å². The Morgan fingerprint density at radius 3 is 2.90 bits per heavy atom. The summed E-state index contributed by atoms with van der Waals surface area (Å²) >= 11 is 0. The number of benzene rings is 1. The second kappa shape index (κ2) is 6.41. The zero-order chi connectivity index (χ0) is 14.5. The Kier molecular flexibility index (Phi) is 4.61. The zero-order valence-corrected chi connectivity index (χ0v) is 12.0. The molecule has 2 amide bonds. The first-order chi connectivity index (χ1) is 9.60. The summed E-state index contributed by atoms with van der Waals surface area (Å²) in [7, 11) is 0. The second-order valence-corrected chi connectivity index (χ2v) is 5.09. The highest BCUT2D eigenvalue weighted by Crippen LogP contribution is 2.17. The maximum Gasteiger partial charge on any atom is 0.253 e. The van der Waals surface area contributed by atoms with Crippen molar-refractivity contribution in [2.75, 3.05) is 18.4 Å². The van der Waals surface area contributed by atoms with Crippen molar-refractivity contribution in [1.29, 1.82) is 0 Å². The molecule has 0 bridgehead atoms. The lowest BCUT2D eigenvalue weighted by molar-refractivity contribution is -0.119. The molecule has 5 heteroatoms. The van der Waals surface area contributed by atoms with Crippen LogP contribution in [0.3, 0.4) is 0 Å². The summed E-state index contributed by atoms with van der Waals surface area (Å²) < 4.78 is 0. The van der Waals surface area contributed by atoms with Gasteiger partial charge in [-0.3, -0.25) is 9.59 Å². The average Bonchev–Trinajstić information content (AvgIpc) is 2.84. The molecule has 1 aliphatic rings. The number of carbonyl (C=O) groups is 2. The van der Waals surface area contributed by atoms with Crippen LogP contribution in [0.4, 0.5) is 5.69 Å². The maximum atomic E-state index is 12.3. The van der Waals surface area contributed by atoms with E-state index in [1.54, 1.807) is 0 Å². The van der Waals surface area contributed by atoms with Gasteiger partial charge in [0, 0.05) is 31.2 Å². The summed E-state index contributed by atoms with van der Waals surface area (Å²) in [4.78, 5) is 23.4. The SMILES string of the molecule is CCNc1ccc(C)cc1C(=O)NCC1CCC(=O)N1. The van der Waals surface area contributed by atoms with Gasteiger partial charge in [-0.05, 0) is 32.4 Å². The van der Waals surface area contributed by atoms with Gasteiger partial charge < -0.3 is 16.0 Å². The molecule has 0 saturated carbocycles. The van der Waals surface area contributed by atoms with E-state index in [0.717, 1.165) is 24.2 Å². The van der Waals surface area contributed by atoms with Crippen LogP contribution in [0.2, 0.25) is 0 Å². The smallest absolute Gasteiger partial charge is 0.253 e. The number of amides is 2. The first kappa shape index (κ1) is 14.4. The van der Waals surface area contributed by atoms with Gasteiger partial charge in [0.05, 0.1) is 5.56 Å². The Bertz CT molecular complexity index is 514. The Labute approximate surface area is 119 Å². The lowest BCUT2D eigenvalue weighted by atomic mass is 10.1. The van der Waals surface area contributed by atoms with Gasteiger partial charge in [0.25, 0.3) is 5.91 Å². The molecular weight excluding hydrogens is 254 g/mol. The van der Waals surface area contributed by atoms with E-state index in [0.29, 0.717) is 18.5 Å². The highest BCUT2D eigenvalue weighted by atomic mass is 16.2. The van der Waals surface area contributed by atoms with Crippen LogP contribution in [0.5, 0.6) is 0 Å². The molecule has 3 N–H and O–H groups in total. The Morgan fingerprint density at radius 1 is 1.45 bits per heavy atom. The Morgan fingerprint density at radius 2 is 2.25 bits per heavy atom. The van der Waals surface area contributed by atoms with E-state index in [4.69, 9.17) is 0 Å². The van der Waals surface area contributed by atoms with Crippen LogP contribution in [0.25, 0.3) is 0 Å². The first-order valence-electron chi connectivity index (χ1n) is 7.02. The summed E-state index contributed by atoms with van der Waals surface area (Å²) in [6, 6.07) is 5.83. The van der Waals surface area contributed by atoms with Crippen LogP contribution in [-0.4, -0.2) is 30.9 Å². The molecule has 1 aromatic carbocycles. The van der Waals surface area contributed by atoms with Crippen LogP contribution >= 0.6 is 0 Å². The fourth-order valence-electron chi connectivity index (χ4n) is 2.33. The van der Waals surface area contributed by atoms with Crippen LogP contribution in [0.15, 0.2) is 18.2 Å². The third-order valence-corrected chi connectivity index (χ3v) is 3.38. The van der Waals surface area contributed by atoms with Gasteiger partial charge in [-0.15, -0.1) is 0 Å². The van der Waals surface area contributed by atoms with Crippen LogP contribution in [0, 0.1) is 6.92 Å². The fourth-order valence-corrected chi connectivity index (χ4v) is 2.33. The monoisotopic (exact) mass is 275 g/mol. The van der Waals surface area contributed by atoms with Crippen molar-refractivity contribution in [1.82, 2.24) is 10.6 Å². The van der Waals surface area contributed by atoms with Crippen molar-refractivity contribution in [2.24, 2.45) is 0 Å². The minimum Gasteiger partial charge on any atom is -0.385 e. The van der Waals surface area contributed by atoms with E-state index in [9.17, 15) is 9.59 Å². The number of nitrogens with one attached hydrogen (secondary N) is 3. The highest BCUT2D eigenvalue weighted by Gasteiger charge is 2.21. The normalized spacial score (nSPS) is 17.7. The molecule has 1 aromatic rings. The number of hydrogen-bond acceptors (Lipinski definition) is 3. The quantitative estimate of drug-likeness (QED) is 0.761. The second-order valence-electron chi connectivity index (χ2n) is 5.09. The molecule has 2 rings (SSSR count). The molecule has 1 heterocycles. The average molecular weight is 275 g/mol. The predicted molar refractivity (Wildman–Crippen MR) is 78.8 cm³/mol. The summed E-state index contributed by atoms with van der Waals surface area (Å²) in [6.07, 6.45) is 1.33.